The minimum Gasteiger partial charge on any atom is -0.493 e. The SMILES string of the molecule is CCC(C)n1c(CCc2ccc(OC)c(OC)c2)nn([C@@H]2O[C@H](CO)[C@@H](O)[C@H](O)[C@H]2NC(C)=O)c1=S. The average Bonchev–Trinajstić information content (AvgIpc) is 3.20. The molecule has 0 saturated carbocycles. The largest absolute Gasteiger partial charge is 0.493 e. The molecule has 0 bridgehead atoms. The molecule has 0 aliphatic carbocycles. The molecule has 3 rings (SSSR count). The van der Waals surface area contributed by atoms with E-state index in [4.69, 9.17) is 31.5 Å². The summed E-state index contributed by atoms with van der Waals surface area (Å²) >= 11 is 5.78. The number of aryl methyl sites for hydroxylation is 2. The molecule has 1 aromatic carbocycles. The Kier molecular flexibility index (Phi) is 9.47. The highest BCUT2D eigenvalue weighted by Crippen LogP contribution is 2.31. The summed E-state index contributed by atoms with van der Waals surface area (Å²) in [6.07, 6.45) is -2.89. The molecule has 4 N–H and O–H groups in total. The summed E-state index contributed by atoms with van der Waals surface area (Å²) in [4.78, 5) is 11.9. The Morgan fingerprint density at radius 2 is 1.92 bits per heavy atom. The minimum absolute atomic E-state index is 0.0265. The lowest BCUT2D eigenvalue weighted by Gasteiger charge is -2.42. The molecule has 1 saturated heterocycles. The van der Waals surface area contributed by atoms with Crippen LogP contribution in [-0.2, 0) is 22.4 Å². The number of carbonyl (C=O) groups excluding carboxylic acids is 1. The number of hydrogen-bond donors (Lipinski definition) is 4. The van der Waals surface area contributed by atoms with Crippen molar-refractivity contribution < 1.29 is 34.3 Å². The highest BCUT2D eigenvalue weighted by atomic mass is 32.1. The van der Waals surface area contributed by atoms with Crippen LogP contribution in [0.4, 0.5) is 0 Å². The number of amides is 1. The number of hydrogen-bond acceptors (Lipinski definition) is 9. The molecule has 1 aliphatic heterocycles. The van der Waals surface area contributed by atoms with E-state index in [1.807, 2.05) is 36.6 Å². The van der Waals surface area contributed by atoms with Gasteiger partial charge in [-0.25, -0.2) is 4.68 Å². The van der Waals surface area contributed by atoms with Crippen LogP contribution in [0.25, 0.3) is 0 Å². The number of ether oxygens (including phenoxy) is 3. The molecule has 0 radical (unpaired) electrons. The third-order valence-electron chi connectivity index (χ3n) is 6.53. The Morgan fingerprint density at radius 1 is 1.22 bits per heavy atom. The van der Waals surface area contributed by atoms with E-state index < -0.39 is 43.1 Å². The Bertz CT molecular complexity index is 1100. The molecule has 1 amide bonds. The number of benzene rings is 1. The van der Waals surface area contributed by atoms with Crippen molar-refractivity contribution in [3.8, 4) is 11.5 Å². The molecular weight excluding hydrogens is 488 g/mol. The molecule has 6 atom stereocenters. The summed E-state index contributed by atoms with van der Waals surface area (Å²) < 4.78 is 20.4. The van der Waals surface area contributed by atoms with Crippen LogP contribution in [0.15, 0.2) is 18.2 Å². The first kappa shape index (κ1) is 28.1. The van der Waals surface area contributed by atoms with Gasteiger partial charge in [-0.3, -0.25) is 4.79 Å². The van der Waals surface area contributed by atoms with Gasteiger partial charge in [-0.2, -0.15) is 5.10 Å². The van der Waals surface area contributed by atoms with Gasteiger partial charge in [0.1, 0.15) is 30.2 Å². The second-order valence-corrected chi connectivity index (χ2v) is 9.28. The Hall–Kier alpha value is -2.51. The maximum Gasteiger partial charge on any atom is 0.217 e. The average molecular weight is 525 g/mol. The highest BCUT2D eigenvalue weighted by Gasteiger charge is 2.46. The zero-order chi connectivity index (χ0) is 26.6. The van der Waals surface area contributed by atoms with Crippen molar-refractivity contribution in [3.63, 3.8) is 0 Å². The zero-order valence-corrected chi connectivity index (χ0v) is 22.1. The molecule has 0 spiro atoms. The number of nitrogens with one attached hydrogen (secondary N) is 1. The third-order valence-corrected chi connectivity index (χ3v) is 6.92. The molecule has 1 aromatic heterocycles. The topological polar surface area (TPSA) is 140 Å². The van der Waals surface area contributed by atoms with Gasteiger partial charge in [0.2, 0.25) is 10.7 Å². The van der Waals surface area contributed by atoms with Crippen LogP contribution in [0.5, 0.6) is 11.5 Å². The number of methoxy groups -OCH3 is 2. The lowest BCUT2D eigenvalue weighted by atomic mass is 9.96. The van der Waals surface area contributed by atoms with E-state index in [0.717, 1.165) is 12.0 Å². The lowest BCUT2D eigenvalue weighted by molar-refractivity contribution is -0.219. The van der Waals surface area contributed by atoms with Crippen LogP contribution in [0.1, 0.15) is 50.8 Å². The van der Waals surface area contributed by atoms with Crippen molar-refractivity contribution in [1.29, 1.82) is 0 Å². The van der Waals surface area contributed by atoms with Crippen molar-refractivity contribution in [2.45, 2.75) is 76.7 Å². The number of nitrogens with zero attached hydrogens (tertiary/aromatic N) is 3. The molecule has 2 aromatic rings. The van der Waals surface area contributed by atoms with Crippen LogP contribution in [-0.4, -0.2) is 80.8 Å². The quantitative estimate of drug-likeness (QED) is 0.339. The van der Waals surface area contributed by atoms with Gasteiger partial charge in [-0.05, 0) is 49.7 Å². The first-order valence-electron chi connectivity index (χ1n) is 12.0. The molecule has 36 heavy (non-hydrogen) atoms. The summed E-state index contributed by atoms with van der Waals surface area (Å²) in [5.74, 6) is 1.57. The summed E-state index contributed by atoms with van der Waals surface area (Å²) in [6.45, 7) is 4.86. The van der Waals surface area contributed by atoms with Crippen molar-refractivity contribution in [1.82, 2.24) is 19.7 Å². The monoisotopic (exact) mass is 524 g/mol. The van der Waals surface area contributed by atoms with E-state index in [1.165, 1.54) is 11.6 Å². The Morgan fingerprint density at radius 3 is 2.50 bits per heavy atom. The molecular formula is C24H36N4O7S. The first-order valence-corrected chi connectivity index (χ1v) is 12.4. The molecule has 12 heteroatoms. The molecule has 200 valence electrons. The van der Waals surface area contributed by atoms with E-state index in [9.17, 15) is 20.1 Å². The maximum atomic E-state index is 11.9. The second-order valence-electron chi connectivity index (χ2n) is 8.92. The van der Waals surface area contributed by atoms with Crippen LogP contribution in [0.2, 0.25) is 0 Å². The van der Waals surface area contributed by atoms with Crippen molar-refractivity contribution >= 4 is 18.1 Å². The van der Waals surface area contributed by atoms with Crippen LogP contribution < -0.4 is 14.8 Å². The molecule has 1 aliphatic rings. The van der Waals surface area contributed by atoms with Gasteiger partial charge in [-0.15, -0.1) is 0 Å². The number of rotatable bonds is 10. The standard InChI is InChI=1S/C24H36N4O7S/c1-6-13(2)27-19(10-8-15-7-9-16(33-4)17(11-15)34-5)26-28(24(27)36)23-20(25-14(3)30)22(32)21(31)18(12-29)35-23/h7,9,11,13,18,20-23,29,31-32H,6,8,10,12H2,1-5H3,(H,25,30)/t13?,18-,20-,21-,22-,23-/m1/s1. The summed E-state index contributed by atoms with van der Waals surface area (Å²) in [6, 6.07) is 4.73. The predicted octanol–water partition coefficient (Wildman–Crippen LogP) is 1.30. The van der Waals surface area contributed by atoms with E-state index in [1.54, 1.807) is 14.2 Å². The number of carbonyl (C=O) groups is 1. The van der Waals surface area contributed by atoms with E-state index in [-0.39, 0.29) is 6.04 Å². The highest BCUT2D eigenvalue weighted by molar-refractivity contribution is 7.71. The fourth-order valence-corrected chi connectivity index (χ4v) is 4.82. The zero-order valence-electron chi connectivity index (χ0n) is 21.2. The molecule has 1 fully saturated rings. The van der Waals surface area contributed by atoms with Gasteiger partial charge in [0.25, 0.3) is 0 Å². The summed E-state index contributed by atoms with van der Waals surface area (Å²) in [5, 5.41) is 38.2. The van der Waals surface area contributed by atoms with Gasteiger partial charge in [0, 0.05) is 19.4 Å². The molecule has 2 heterocycles. The van der Waals surface area contributed by atoms with E-state index in [0.29, 0.717) is 34.9 Å². The number of aliphatic hydroxyl groups excluding tert-OH is 3. The normalized spacial score (nSPS) is 24.8. The number of aliphatic hydroxyl groups is 3. The predicted molar refractivity (Wildman–Crippen MR) is 134 cm³/mol. The fourth-order valence-electron chi connectivity index (χ4n) is 4.39. The van der Waals surface area contributed by atoms with Gasteiger partial charge >= 0.3 is 0 Å². The van der Waals surface area contributed by atoms with Crippen molar-refractivity contribution in [2.75, 3.05) is 20.8 Å². The summed E-state index contributed by atoms with van der Waals surface area (Å²) in [7, 11) is 3.17. The van der Waals surface area contributed by atoms with E-state index in [2.05, 4.69) is 5.32 Å². The van der Waals surface area contributed by atoms with Crippen molar-refractivity contribution in [2.24, 2.45) is 0 Å². The number of aromatic nitrogens is 3. The Labute approximate surface area is 215 Å². The minimum atomic E-state index is -1.39. The van der Waals surface area contributed by atoms with Crippen molar-refractivity contribution in [3.05, 3.63) is 34.4 Å². The van der Waals surface area contributed by atoms with Crippen LogP contribution >= 0.6 is 12.2 Å². The van der Waals surface area contributed by atoms with Gasteiger partial charge < -0.3 is 39.4 Å². The maximum absolute atomic E-state index is 11.9. The van der Waals surface area contributed by atoms with Gasteiger partial charge in [0.05, 0.1) is 20.8 Å². The molecule has 11 nitrogen and oxygen atoms in total. The Balaban J connectivity index is 1.99. The van der Waals surface area contributed by atoms with Crippen LogP contribution in [0, 0.1) is 4.77 Å². The van der Waals surface area contributed by atoms with Crippen LogP contribution in [0.3, 0.4) is 0 Å². The fraction of sp³-hybridized carbons (Fsp3) is 0.625. The summed E-state index contributed by atoms with van der Waals surface area (Å²) in [5.41, 5.74) is 1.02. The lowest BCUT2D eigenvalue weighted by Crippen LogP contribution is -2.62. The second kappa shape index (κ2) is 12.2. The van der Waals surface area contributed by atoms with Gasteiger partial charge in [-0.1, -0.05) is 13.0 Å². The third kappa shape index (κ3) is 5.73. The smallest absolute Gasteiger partial charge is 0.217 e. The molecule has 1 unspecified atom stereocenters. The first-order chi connectivity index (χ1) is 17.2. The van der Waals surface area contributed by atoms with Gasteiger partial charge in [0.15, 0.2) is 17.7 Å². The van der Waals surface area contributed by atoms with E-state index >= 15 is 0 Å².